The van der Waals surface area contributed by atoms with Crippen LogP contribution in [0.15, 0.2) is 54.6 Å². The first kappa shape index (κ1) is 21.7. The Balaban J connectivity index is 1.96. The van der Waals surface area contributed by atoms with E-state index in [1.54, 1.807) is 30.3 Å². The molecule has 4 atom stereocenters. The fourth-order valence-corrected chi connectivity index (χ4v) is 3.55. The Hall–Kier alpha value is -2.00. The van der Waals surface area contributed by atoms with E-state index in [1.165, 1.54) is 0 Å². The third kappa shape index (κ3) is 4.16. The van der Waals surface area contributed by atoms with Gasteiger partial charge >= 0.3 is 0 Å². The van der Waals surface area contributed by atoms with Crippen molar-refractivity contribution < 1.29 is 35.0 Å². The van der Waals surface area contributed by atoms with E-state index in [9.17, 15) is 25.5 Å². The maximum atomic E-state index is 11.4. The van der Waals surface area contributed by atoms with E-state index in [4.69, 9.17) is 9.47 Å². The van der Waals surface area contributed by atoms with Crippen molar-refractivity contribution in [2.75, 3.05) is 13.2 Å². The third-order valence-corrected chi connectivity index (χ3v) is 5.54. The highest BCUT2D eigenvalue weighted by Crippen LogP contribution is 2.39. The maximum Gasteiger partial charge on any atom is 0.232 e. The minimum Gasteiger partial charge on any atom is -0.462 e. The van der Waals surface area contributed by atoms with E-state index in [0.717, 1.165) is 12.0 Å². The number of aryl methyl sites for hydroxylation is 1. The van der Waals surface area contributed by atoms with Gasteiger partial charge in [0, 0.05) is 6.42 Å². The van der Waals surface area contributed by atoms with Gasteiger partial charge in [-0.1, -0.05) is 49.4 Å². The molecular weight excluding hydrogens is 376 g/mol. The predicted octanol–water partition coefficient (Wildman–Crippen LogP) is 0.403. The molecule has 1 saturated heterocycles. The van der Waals surface area contributed by atoms with Crippen LogP contribution < -0.4 is 4.74 Å². The molecule has 7 nitrogen and oxygen atoms in total. The highest BCUT2D eigenvalue weighted by molar-refractivity contribution is 5.27. The molecule has 29 heavy (non-hydrogen) atoms. The lowest BCUT2D eigenvalue weighted by Crippen LogP contribution is -2.74. The Kier molecular flexibility index (Phi) is 6.58. The molecule has 0 unspecified atom stereocenters. The standard InChI is InChI=1S/C22H28O7/c1-2-15-8-10-16(11-9-15)12-22(27)19(26)18(25)21(13-23,14-24)29-20(22)28-17-6-4-3-5-7-17/h3-11,18-20,23-27H,2,12-14H2,1H3/t18-,19-,20+,22+/m1/s1. The van der Waals surface area contributed by atoms with Crippen molar-refractivity contribution in [1.82, 2.24) is 0 Å². The van der Waals surface area contributed by atoms with Crippen molar-refractivity contribution in [3.8, 4) is 5.75 Å². The summed E-state index contributed by atoms with van der Waals surface area (Å²) in [6.07, 6.45) is -4.12. The van der Waals surface area contributed by atoms with Crippen molar-refractivity contribution in [3.63, 3.8) is 0 Å². The lowest BCUT2D eigenvalue weighted by molar-refractivity contribution is -0.359. The molecule has 3 rings (SSSR count). The van der Waals surface area contributed by atoms with Gasteiger partial charge in [0.1, 0.15) is 23.6 Å². The summed E-state index contributed by atoms with van der Waals surface area (Å²) >= 11 is 0. The molecule has 2 aromatic carbocycles. The Morgan fingerprint density at radius 2 is 1.48 bits per heavy atom. The van der Waals surface area contributed by atoms with Crippen molar-refractivity contribution in [1.29, 1.82) is 0 Å². The summed E-state index contributed by atoms with van der Waals surface area (Å²) in [6, 6.07) is 16.1. The molecule has 0 aromatic heterocycles. The summed E-state index contributed by atoms with van der Waals surface area (Å²) < 4.78 is 11.5. The van der Waals surface area contributed by atoms with Crippen LogP contribution in [0.25, 0.3) is 0 Å². The largest absolute Gasteiger partial charge is 0.462 e. The lowest BCUT2D eigenvalue weighted by Gasteiger charge is -2.52. The van der Waals surface area contributed by atoms with E-state index in [1.807, 2.05) is 31.2 Å². The van der Waals surface area contributed by atoms with Gasteiger partial charge in [-0.15, -0.1) is 0 Å². The molecule has 1 heterocycles. The third-order valence-electron chi connectivity index (χ3n) is 5.54. The number of aliphatic hydroxyl groups is 5. The Morgan fingerprint density at radius 3 is 2.03 bits per heavy atom. The van der Waals surface area contributed by atoms with Gasteiger partial charge in [-0.3, -0.25) is 0 Å². The predicted molar refractivity (Wildman–Crippen MR) is 105 cm³/mol. The highest BCUT2D eigenvalue weighted by Gasteiger charge is 2.61. The number of hydrogen-bond acceptors (Lipinski definition) is 7. The number of hydrogen-bond donors (Lipinski definition) is 5. The first-order valence-electron chi connectivity index (χ1n) is 9.66. The molecule has 0 spiro atoms. The highest BCUT2D eigenvalue weighted by atomic mass is 16.7. The van der Waals surface area contributed by atoms with E-state index in [-0.39, 0.29) is 6.42 Å². The second-order valence-electron chi connectivity index (χ2n) is 7.49. The second-order valence-corrected chi connectivity index (χ2v) is 7.49. The van der Waals surface area contributed by atoms with Gasteiger partial charge in [0.25, 0.3) is 0 Å². The first-order valence-corrected chi connectivity index (χ1v) is 9.66. The summed E-state index contributed by atoms with van der Waals surface area (Å²) in [7, 11) is 0. The summed E-state index contributed by atoms with van der Waals surface area (Å²) in [6.45, 7) is 0.500. The van der Waals surface area contributed by atoms with Crippen LogP contribution >= 0.6 is 0 Å². The van der Waals surface area contributed by atoms with Crippen LogP contribution in [-0.4, -0.2) is 68.4 Å². The van der Waals surface area contributed by atoms with E-state index >= 15 is 0 Å². The molecule has 1 aliphatic heterocycles. The first-order chi connectivity index (χ1) is 13.9. The topological polar surface area (TPSA) is 120 Å². The van der Waals surface area contributed by atoms with Crippen LogP contribution in [0.2, 0.25) is 0 Å². The van der Waals surface area contributed by atoms with Crippen LogP contribution in [0.1, 0.15) is 18.1 Å². The van der Waals surface area contributed by atoms with E-state index in [2.05, 4.69) is 0 Å². The maximum absolute atomic E-state index is 11.4. The lowest BCUT2D eigenvalue weighted by atomic mass is 9.77. The molecule has 0 amide bonds. The molecule has 0 bridgehead atoms. The molecule has 0 radical (unpaired) electrons. The number of benzene rings is 2. The molecule has 158 valence electrons. The van der Waals surface area contributed by atoms with Crippen molar-refractivity contribution in [2.24, 2.45) is 0 Å². The Bertz CT molecular complexity index is 776. The minimum atomic E-state index is -2.03. The molecule has 0 aliphatic carbocycles. The number of rotatable bonds is 7. The molecule has 7 heteroatoms. The van der Waals surface area contributed by atoms with Crippen molar-refractivity contribution in [3.05, 3.63) is 65.7 Å². The van der Waals surface area contributed by atoms with Crippen LogP contribution in [0.3, 0.4) is 0 Å². The molecule has 2 aromatic rings. The van der Waals surface area contributed by atoms with Crippen molar-refractivity contribution >= 4 is 0 Å². The van der Waals surface area contributed by atoms with Crippen LogP contribution in [0, 0.1) is 0 Å². The number of aliphatic hydroxyl groups excluding tert-OH is 4. The molecule has 1 fully saturated rings. The van der Waals surface area contributed by atoms with Gasteiger partial charge in [-0.2, -0.15) is 0 Å². The minimum absolute atomic E-state index is 0.0698. The zero-order valence-electron chi connectivity index (χ0n) is 16.3. The van der Waals surface area contributed by atoms with E-state index in [0.29, 0.717) is 11.3 Å². The summed E-state index contributed by atoms with van der Waals surface area (Å²) in [5.74, 6) is 0.366. The van der Waals surface area contributed by atoms with Crippen molar-refractivity contribution in [2.45, 2.75) is 49.5 Å². The van der Waals surface area contributed by atoms with Gasteiger partial charge in [0.05, 0.1) is 13.2 Å². The van der Waals surface area contributed by atoms with Crippen LogP contribution in [-0.2, 0) is 17.6 Å². The smallest absolute Gasteiger partial charge is 0.232 e. The fraction of sp³-hybridized carbons (Fsp3) is 0.455. The zero-order chi connectivity index (χ0) is 21.1. The Morgan fingerprint density at radius 1 is 0.897 bits per heavy atom. The molecular formula is C22H28O7. The summed E-state index contributed by atoms with van der Waals surface area (Å²) in [4.78, 5) is 0. The molecule has 5 N–H and O–H groups in total. The normalized spacial score (nSPS) is 28.8. The number of ether oxygens (including phenoxy) is 2. The zero-order valence-corrected chi connectivity index (χ0v) is 16.3. The van der Waals surface area contributed by atoms with E-state index < -0.39 is 42.9 Å². The van der Waals surface area contributed by atoms with Gasteiger partial charge in [-0.05, 0) is 29.7 Å². The Labute approximate surface area is 169 Å². The quantitative estimate of drug-likeness (QED) is 0.453. The summed E-state index contributed by atoms with van der Waals surface area (Å²) in [5, 5.41) is 52.3. The number of para-hydroxylation sites is 1. The monoisotopic (exact) mass is 404 g/mol. The molecule has 1 aliphatic rings. The average Bonchev–Trinajstić information content (AvgIpc) is 2.76. The SMILES string of the molecule is CCc1ccc(C[C@@]2(O)[C@@H](Oc3ccccc3)OC(CO)(CO)[C@H](O)[C@H]2O)cc1. The van der Waals surface area contributed by atoms with Gasteiger partial charge in [-0.25, -0.2) is 0 Å². The second kappa shape index (κ2) is 8.79. The molecule has 0 saturated carbocycles. The van der Waals surface area contributed by atoms with Gasteiger partial charge in [0.2, 0.25) is 6.29 Å². The average molecular weight is 404 g/mol. The van der Waals surface area contributed by atoms with Crippen LogP contribution in [0.4, 0.5) is 0 Å². The van der Waals surface area contributed by atoms with Crippen LogP contribution in [0.5, 0.6) is 5.75 Å². The fourth-order valence-electron chi connectivity index (χ4n) is 3.55. The summed E-state index contributed by atoms with van der Waals surface area (Å²) in [5.41, 5.74) is -2.08. The van der Waals surface area contributed by atoms with Gasteiger partial charge in [0.15, 0.2) is 5.60 Å². The van der Waals surface area contributed by atoms with Gasteiger partial charge < -0.3 is 35.0 Å².